The van der Waals surface area contributed by atoms with Crippen LogP contribution in [-0.2, 0) is 0 Å². The maximum Gasteiger partial charge on any atom is 0.323 e. The number of anilines is 2. The molecule has 0 fully saturated rings. The third-order valence-electron chi connectivity index (χ3n) is 4.60. The number of furan rings is 1. The molecule has 3 aromatic heterocycles. The number of hydrogen-bond acceptors (Lipinski definition) is 6. The lowest BCUT2D eigenvalue weighted by Crippen LogP contribution is -2.20. The zero-order valence-electron chi connectivity index (χ0n) is 17.5. The molecular formula is C24H20N4O4. The fourth-order valence-corrected chi connectivity index (χ4v) is 3.19. The van der Waals surface area contributed by atoms with Crippen LogP contribution in [0, 0.1) is 6.92 Å². The quantitative estimate of drug-likeness (QED) is 0.328. The molecule has 0 spiro atoms. The first-order valence-corrected chi connectivity index (χ1v) is 9.78. The van der Waals surface area contributed by atoms with Crippen molar-refractivity contribution < 1.29 is 18.7 Å². The Morgan fingerprint density at radius 3 is 2.75 bits per heavy atom. The number of amides is 2. The largest absolute Gasteiger partial charge is 0.496 e. The molecule has 0 saturated heterocycles. The number of hydrogen-bond donors (Lipinski definition) is 2. The van der Waals surface area contributed by atoms with E-state index in [2.05, 4.69) is 20.6 Å². The lowest BCUT2D eigenvalue weighted by Gasteiger charge is -2.12. The minimum absolute atomic E-state index is 0.290. The number of nitrogens with one attached hydrogen (secondary N) is 2. The van der Waals surface area contributed by atoms with E-state index in [9.17, 15) is 9.59 Å². The van der Waals surface area contributed by atoms with E-state index in [4.69, 9.17) is 9.15 Å². The summed E-state index contributed by atoms with van der Waals surface area (Å²) in [6.07, 6.45) is 6.12. The van der Waals surface area contributed by atoms with E-state index >= 15 is 0 Å². The van der Waals surface area contributed by atoms with Gasteiger partial charge in [-0.25, -0.2) is 4.79 Å². The van der Waals surface area contributed by atoms with Crippen molar-refractivity contribution in [3.63, 3.8) is 0 Å². The number of urea groups is 1. The van der Waals surface area contributed by atoms with Gasteiger partial charge in [-0.1, -0.05) is 0 Å². The van der Waals surface area contributed by atoms with Crippen LogP contribution in [0.4, 0.5) is 16.2 Å². The summed E-state index contributed by atoms with van der Waals surface area (Å²) in [7, 11) is 1.48. The van der Waals surface area contributed by atoms with Gasteiger partial charge in [0.2, 0.25) is 0 Å². The number of nitrogens with zero attached hydrogens (tertiary/aromatic N) is 2. The maximum absolute atomic E-state index is 12.7. The van der Waals surface area contributed by atoms with Crippen LogP contribution in [0.25, 0.3) is 17.1 Å². The molecule has 3 heterocycles. The highest BCUT2D eigenvalue weighted by Crippen LogP contribution is 2.25. The summed E-state index contributed by atoms with van der Waals surface area (Å²) in [6, 6.07) is 13.2. The van der Waals surface area contributed by atoms with Crippen molar-refractivity contribution in [2.24, 2.45) is 0 Å². The zero-order chi connectivity index (χ0) is 22.5. The van der Waals surface area contributed by atoms with E-state index in [1.165, 1.54) is 19.4 Å². The second-order valence-corrected chi connectivity index (χ2v) is 6.89. The van der Waals surface area contributed by atoms with Crippen LogP contribution < -0.4 is 15.4 Å². The number of allylic oxidation sites excluding steroid dienone is 1. The SMILES string of the molecule is COc1ccc(NC(=O)Nc2cc(C)nc3cccnc23)cc1C(=O)/C=C/c1ccco1. The van der Waals surface area contributed by atoms with Gasteiger partial charge in [0, 0.05) is 17.6 Å². The van der Waals surface area contributed by atoms with E-state index in [0.29, 0.717) is 39.5 Å². The third-order valence-corrected chi connectivity index (χ3v) is 4.60. The summed E-state index contributed by atoms with van der Waals surface area (Å²) in [6.45, 7) is 1.84. The number of aryl methyl sites for hydroxylation is 1. The first-order chi connectivity index (χ1) is 15.5. The normalized spacial score (nSPS) is 10.9. The van der Waals surface area contributed by atoms with Crippen LogP contribution in [-0.4, -0.2) is 28.9 Å². The van der Waals surface area contributed by atoms with Gasteiger partial charge in [-0.2, -0.15) is 0 Å². The number of methoxy groups -OCH3 is 1. The van der Waals surface area contributed by atoms with Crippen molar-refractivity contribution in [3.8, 4) is 5.75 Å². The number of ketones is 1. The molecule has 8 nitrogen and oxygen atoms in total. The van der Waals surface area contributed by atoms with Gasteiger partial charge in [0.25, 0.3) is 0 Å². The molecule has 0 atom stereocenters. The summed E-state index contributed by atoms with van der Waals surface area (Å²) >= 11 is 0. The Bertz CT molecular complexity index is 1310. The second-order valence-electron chi connectivity index (χ2n) is 6.89. The Morgan fingerprint density at radius 2 is 1.97 bits per heavy atom. The number of aromatic nitrogens is 2. The minimum Gasteiger partial charge on any atom is -0.496 e. The molecule has 2 N–H and O–H groups in total. The van der Waals surface area contributed by atoms with Crippen LogP contribution in [0.1, 0.15) is 21.8 Å². The predicted molar refractivity (Wildman–Crippen MR) is 122 cm³/mol. The number of carbonyl (C=O) groups is 2. The maximum atomic E-state index is 12.7. The first kappa shape index (κ1) is 20.8. The van der Waals surface area contributed by atoms with Gasteiger partial charge >= 0.3 is 6.03 Å². The molecule has 0 saturated carbocycles. The van der Waals surface area contributed by atoms with E-state index < -0.39 is 6.03 Å². The molecule has 1 aromatic carbocycles. The average Bonchev–Trinajstić information content (AvgIpc) is 3.31. The topological polar surface area (TPSA) is 106 Å². The van der Waals surface area contributed by atoms with Gasteiger partial charge in [-0.05, 0) is 67.6 Å². The summed E-state index contributed by atoms with van der Waals surface area (Å²) in [5, 5.41) is 5.54. The molecular weight excluding hydrogens is 408 g/mol. The Balaban J connectivity index is 1.54. The van der Waals surface area contributed by atoms with Crippen LogP contribution in [0.3, 0.4) is 0 Å². The smallest absolute Gasteiger partial charge is 0.323 e. The third kappa shape index (κ3) is 4.65. The van der Waals surface area contributed by atoms with Gasteiger partial charge in [0.05, 0.1) is 30.1 Å². The molecule has 160 valence electrons. The number of carbonyl (C=O) groups excluding carboxylic acids is 2. The molecule has 0 aliphatic carbocycles. The number of rotatable bonds is 6. The molecule has 2 amide bonds. The monoisotopic (exact) mass is 428 g/mol. The summed E-state index contributed by atoms with van der Waals surface area (Å²) in [5.41, 5.74) is 3.30. The van der Waals surface area contributed by atoms with Gasteiger partial charge < -0.3 is 19.8 Å². The van der Waals surface area contributed by atoms with Gasteiger partial charge in [0.1, 0.15) is 17.0 Å². The fourth-order valence-electron chi connectivity index (χ4n) is 3.19. The van der Waals surface area contributed by atoms with Gasteiger partial charge in [-0.15, -0.1) is 0 Å². The lowest BCUT2D eigenvalue weighted by atomic mass is 10.1. The predicted octanol–water partition coefficient (Wildman–Crippen LogP) is 5.08. The highest BCUT2D eigenvalue weighted by molar-refractivity contribution is 6.10. The molecule has 4 rings (SSSR count). The van der Waals surface area contributed by atoms with Crippen molar-refractivity contribution >= 4 is 40.3 Å². The van der Waals surface area contributed by atoms with E-state index in [-0.39, 0.29) is 5.78 Å². The summed E-state index contributed by atoms with van der Waals surface area (Å²) in [4.78, 5) is 34.0. The molecule has 4 aromatic rings. The molecule has 0 aliphatic rings. The van der Waals surface area contributed by atoms with E-state index in [1.54, 1.807) is 54.7 Å². The molecule has 0 aliphatic heterocycles. The average molecular weight is 428 g/mol. The molecule has 0 unspecified atom stereocenters. The van der Waals surface area contributed by atoms with Crippen molar-refractivity contribution in [2.75, 3.05) is 17.7 Å². The molecule has 0 bridgehead atoms. The standard InChI is InChI=1S/C24H20N4O4/c1-15-13-20(23-19(26-15)6-3-11-25-23)28-24(30)27-16-7-10-22(31-2)18(14-16)21(29)9-8-17-5-4-12-32-17/h3-14H,1-2H3,(H2,26,27,28,30)/b9-8+. The molecule has 0 radical (unpaired) electrons. The van der Waals surface area contributed by atoms with Crippen molar-refractivity contribution in [1.82, 2.24) is 9.97 Å². The van der Waals surface area contributed by atoms with Crippen LogP contribution in [0.5, 0.6) is 5.75 Å². The number of fused-ring (bicyclic) bond motifs is 1. The highest BCUT2D eigenvalue weighted by atomic mass is 16.5. The van der Waals surface area contributed by atoms with Crippen molar-refractivity contribution in [2.45, 2.75) is 6.92 Å². The Kier molecular flexibility index (Phi) is 5.94. The zero-order valence-corrected chi connectivity index (χ0v) is 17.5. The highest BCUT2D eigenvalue weighted by Gasteiger charge is 2.14. The van der Waals surface area contributed by atoms with Gasteiger partial charge in [0.15, 0.2) is 5.78 Å². The number of pyridine rings is 2. The second kappa shape index (κ2) is 9.13. The van der Waals surface area contributed by atoms with Crippen molar-refractivity contribution in [1.29, 1.82) is 0 Å². The van der Waals surface area contributed by atoms with Crippen molar-refractivity contribution in [3.05, 3.63) is 84.1 Å². The number of benzene rings is 1. The first-order valence-electron chi connectivity index (χ1n) is 9.78. The minimum atomic E-state index is -0.475. The van der Waals surface area contributed by atoms with Crippen LogP contribution in [0.2, 0.25) is 0 Å². The Hall–Kier alpha value is -4.46. The lowest BCUT2D eigenvalue weighted by molar-refractivity contribution is 0.104. The van der Waals surface area contributed by atoms with Crippen LogP contribution >= 0.6 is 0 Å². The van der Waals surface area contributed by atoms with E-state index in [0.717, 1.165) is 5.69 Å². The van der Waals surface area contributed by atoms with Crippen LogP contribution in [0.15, 0.2) is 71.5 Å². The number of ether oxygens (including phenoxy) is 1. The summed E-state index contributed by atoms with van der Waals surface area (Å²) < 4.78 is 10.5. The summed E-state index contributed by atoms with van der Waals surface area (Å²) in [5.74, 6) is 0.659. The Labute approximate surface area is 183 Å². The molecule has 32 heavy (non-hydrogen) atoms. The van der Waals surface area contributed by atoms with Gasteiger partial charge in [-0.3, -0.25) is 14.8 Å². The Morgan fingerprint density at radius 1 is 1.09 bits per heavy atom. The fraction of sp³-hybridized carbons (Fsp3) is 0.0833. The molecule has 8 heteroatoms. The van der Waals surface area contributed by atoms with E-state index in [1.807, 2.05) is 13.0 Å².